The fraction of sp³-hybridized carbons (Fsp3) is 0.696. The zero-order chi connectivity index (χ0) is 19.4. The molecule has 2 heterocycles. The van der Waals surface area contributed by atoms with E-state index in [1.165, 1.54) is 45.3 Å². The van der Waals surface area contributed by atoms with Crippen LogP contribution in [0.5, 0.6) is 0 Å². The van der Waals surface area contributed by atoms with Gasteiger partial charge in [0.25, 0.3) is 0 Å². The van der Waals surface area contributed by atoms with Crippen LogP contribution in [0.3, 0.4) is 0 Å². The molecule has 0 bridgehead atoms. The highest BCUT2D eigenvalue weighted by molar-refractivity contribution is 14.0. The highest BCUT2D eigenvalue weighted by Gasteiger charge is 2.46. The van der Waals surface area contributed by atoms with Gasteiger partial charge in [-0.05, 0) is 69.7 Å². The van der Waals surface area contributed by atoms with Crippen molar-refractivity contribution in [3.63, 3.8) is 0 Å². The predicted octanol–water partition coefficient (Wildman–Crippen LogP) is 4.25. The lowest BCUT2D eigenvalue weighted by Crippen LogP contribution is -2.41. The second-order valence-corrected chi connectivity index (χ2v) is 8.89. The smallest absolute Gasteiger partial charge is 0.193 e. The number of aliphatic imine (C=N–C) groups is 1. The third-order valence-electron chi connectivity index (χ3n) is 6.72. The van der Waals surface area contributed by atoms with E-state index in [2.05, 4.69) is 22.0 Å². The average molecular weight is 514 g/mol. The molecule has 29 heavy (non-hydrogen) atoms. The van der Waals surface area contributed by atoms with Crippen molar-refractivity contribution >= 4 is 29.9 Å². The maximum absolute atomic E-state index is 14.3. The first-order valence-corrected chi connectivity index (χ1v) is 11.2. The van der Waals surface area contributed by atoms with Gasteiger partial charge in [0.1, 0.15) is 5.82 Å². The van der Waals surface area contributed by atoms with Gasteiger partial charge < -0.3 is 15.1 Å². The van der Waals surface area contributed by atoms with E-state index >= 15 is 0 Å². The summed E-state index contributed by atoms with van der Waals surface area (Å²) in [6.45, 7) is 9.63. The van der Waals surface area contributed by atoms with Crippen LogP contribution in [0.1, 0.15) is 51.0 Å². The molecule has 1 unspecified atom stereocenters. The van der Waals surface area contributed by atoms with E-state index in [-0.39, 0.29) is 35.2 Å². The van der Waals surface area contributed by atoms with Gasteiger partial charge in [0.05, 0.1) is 6.54 Å². The van der Waals surface area contributed by atoms with Crippen molar-refractivity contribution in [2.24, 2.45) is 10.9 Å². The Balaban J connectivity index is 0.00000240. The third-order valence-corrected chi connectivity index (χ3v) is 6.72. The van der Waals surface area contributed by atoms with E-state index in [1.807, 2.05) is 12.1 Å². The van der Waals surface area contributed by atoms with Crippen LogP contribution in [0.4, 0.5) is 4.39 Å². The van der Waals surface area contributed by atoms with Gasteiger partial charge in [-0.1, -0.05) is 24.6 Å². The van der Waals surface area contributed by atoms with Crippen molar-refractivity contribution in [2.75, 3.05) is 45.8 Å². The summed E-state index contributed by atoms with van der Waals surface area (Å²) in [5.74, 6) is 1.68. The number of piperidine rings is 1. The van der Waals surface area contributed by atoms with E-state index in [0.717, 1.165) is 49.9 Å². The summed E-state index contributed by atoms with van der Waals surface area (Å²) in [6.07, 6.45) is 7.44. The minimum atomic E-state index is -0.0844. The van der Waals surface area contributed by atoms with Gasteiger partial charge in [0.15, 0.2) is 5.96 Å². The van der Waals surface area contributed by atoms with E-state index < -0.39 is 0 Å². The molecule has 1 aromatic rings. The molecule has 3 fully saturated rings. The Kier molecular flexibility index (Phi) is 8.19. The first-order valence-electron chi connectivity index (χ1n) is 11.2. The van der Waals surface area contributed by atoms with Crippen LogP contribution in [0.25, 0.3) is 0 Å². The molecule has 4 rings (SSSR count). The van der Waals surface area contributed by atoms with Crippen molar-refractivity contribution in [1.82, 2.24) is 15.1 Å². The number of hydrogen-bond donors (Lipinski definition) is 1. The number of nitrogens with one attached hydrogen (secondary N) is 1. The van der Waals surface area contributed by atoms with E-state index in [4.69, 9.17) is 4.99 Å². The van der Waals surface area contributed by atoms with Gasteiger partial charge in [-0.3, -0.25) is 4.99 Å². The molecular formula is C23H36FIN4. The fourth-order valence-corrected chi connectivity index (χ4v) is 4.89. The van der Waals surface area contributed by atoms with Gasteiger partial charge in [-0.15, -0.1) is 24.0 Å². The zero-order valence-electron chi connectivity index (χ0n) is 17.7. The number of nitrogens with zero attached hydrogens (tertiary/aromatic N) is 3. The molecule has 2 saturated heterocycles. The minimum absolute atomic E-state index is 0. The van der Waals surface area contributed by atoms with Crippen LogP contribution in [-0.4, -0.2) is 61.6 Å². The Bertz CT molecular complexity index is 685. The molecule has 1 aliphatic carbocycles. The molecule has 1 N–H and O–H groups in total. The van der Waals surface area contributed by atoms with Gasteiger partial charge >= 0.3 is 0 Å². The summed E-state index contributed by atoms with van der Waals surface area (Å²) >= 11 is 0. The molecule has 1 saturated carbocycles. The number of halogens is 2. The first-order chi connectivity index (χ1) is 13.7. The molecule has 0 radical (unpaired) electrons. The lowest BCUT2D eigenvalue weighted by molar-refractivity contribution is 0.198. The number of guanidine groups is 1. The lowest BCUT2D eigenvalue weighted by Gasteiger charge is -2.29. The van der Waals surface area contributed by atoms with Crippen molar-refractivity contribution in [3.05, 3.63) is 35.6 Å². The molecule has 0 aromatic heterocycles. The number of hydrogen-bond acceptors (Lipinski definition) is 2. The molecule has 3 aliphatic rings. The number of benzene rings is 1. The van der Waals surface area contributed by atoms with Gasteiger partial charge in [0, 0.05) is 31.6 Å². The van der Waals surface area contributed by atoms with Crippen molar-refractivity contribution in [3.8, 4) is 0 Å². The maximum atomic E-state index is 14.3. The van der Waals surface area contributed by atoms with Gasteiger partial charge in [-0.2, -0.15) is 0 Å². The summed E-state index contributed by atoms with van der Waals surface area (Å²) in [5.41, 5.74) is 0.762. The van der Waals surface area contributed by atoms with Crippen LogP contribution in [-0.2, 0) is 5.41 Å². The highest BCUT2D eigenvalue weighted by Crippen LogP contribution is 2.49. The standard InChI is InChI=1S/C23H35FN4.HI/c1-2-25-22(26-18-23(11-12-23)20-8-4-5-9-21(20)24)28-15-10-19(17-28)16-27-13-6-3-7-14-27;/h4-5,8-9,19H,2-3,6-7,10-18H2,1H3,(H,25,26);1H. The molecule has 4 nitrogen and oxygen atoms in total. The molecule has 6 heteroatoms. The molecular weight excluding hydrogens is 478 g/mol. The normalized spacial score (nSPS) is 24.3. The van der Waals surface area contributed by atoms with Crippen LogP contribution in [0, 0.1) is 11.7 Å². The second-order valence-electron chi connectivity index (χ2n) is 8.89. The summed E-state index contributed by atoms with van der Waals surface area (Å²) in [4.78, 5) is 10.1. The molecule has 0 amide bonds. The Morgan fingerprint density at radius 3 is 2.62 bits per heavy atom. The molecule has 1 atom stereocenters. The quantitative estimate of drug-likeness (QED) is 0.350. The summed E-state index contributed by atoms with van der Waals surface area (Å²) in [6, 6.07) is 7.24. The zero-order valence-corrected chi connectivity index (χ0v) is 20.0. The SMILES string of the molecule is CCNC(=NCC1(c2ccccc2F)CC1)N1CCC(CN2CCCCC2)C1.I. The molecule has 1 aromatic carbocycles. The second kappa shape index (κ2) is 10.4. The first kappa shape index (κ1) is 22.8. The molecule has 0 spiro atoms. The predicted molar refractivity (Wildman–Crippen MR) is 129 cm³/mol. The summed E-state index contributed by atoms with van der Waals surface area (Å²) < 4.78 is 14.3. The Morgan fingerprint density at radius 1 is 1.17 bits per heavy atom. The maximum Gasteiger partial charge on any atom is 0.193 e. The number of rotatable bonds is 6. The van der Waals surface area contributed by atoms with Gasteiger partial charge in [0.2, 0.25) is 0 Å². The summed E-state index contributed by atoms with van der Waals surface area (Å²) in [7, 11) is 0. The summed E-state index contributed by atoms with van der Waals surface area (Å²) in [5, 5.41) is 3.48. The largest absolute Gasteiger partial charge is 0.357 e. The van der Waals surface area contributed by atoms with Crippen LogP contribution < -0.4 is 5.32 Å². The molecule has 162 valence electrons. The van der Waals surface area contributed by atoms with Crippen LogP contribution in [0.2, 0.25) is 0 Å². The lowest BCUT2D eigenvalue weighted by atomic mass is 9.95. The van der Waals surface area contributed by atoms with Crippen molar-refractivity contribution < 1.29 is 4.39 Å². The topological polar surface area (TPSA) is 30.9 Å². The highest BCUT2D eigenvalue weighted by atomic mass is 127. The van der Waals surface area contributed by atoms with Crippen LogP contribution >= 0.6 is 24.0 Å². The Labute approximate surface area is 192 Å². The minimum Gasteiger partial charge on any atom is -0.357 e. The average Bonchev–Trinajstić information content (AvgIpc) is 3.36. The van der Waals surface area contributed by atoms with Gasteiger partial charge in [-0.25, -0.2) is 4.39 Å². The Morgan fingerprint density at radius 2 is 1.93 bits per heavy atom. The van der Waals surface area contributed by atoms with E-state index in [1.54, 1.807) is 12.1 Å². The molecule has 2 aliphatic heterocycles. The third kappa shape index (κ3) is 5.63. The monoisotopic (exact) mass is 514 g/mol. The van der Waals surface area contributed by atoms with Crippen molar-refractivity contribution in [2.45, 2.75) is 50.9 Å². The van der Waals surface area contributed by atoms with E-state index in [9.17, 15) is 4.39 Å². The number of likely N-dealkylation sites (tertiary alicyclic amines) is 2. The Hall–Kier alpha value is -0.890. The fourth-order valence-electron chi connectivity index (χ4n) is 4.89. The van der Waals surface area contributed by atoms with E-state index in [0.29, 0.717) is 6.54 Å². The van der Waals surface area contributed by atoms with Crippen molar-refractivity contribution in [1.29, 1.82) is 0 Å². The van der Waals surface area contributed by atoms with Crippen LogP contribution in [0.15, 0.2) is 29.3 Å².